The third kappa shape index (κ3) is 3.19. The Kier molecular flexibility index (Phi) is 4.41. The van der Waals surface area contributed by atoms with Crippen LogP contribution in [0.3, 0.4) is 0 Å². The molecule has 1 atom stereocenters. The maximum absolute atomic E-state index is 13.0. The first-order valence-corrected chi connectivity index (χ1v) is 9.37. The van der Waals surface area contributed by atoms with E-state index in [2.05, 4.69) is 6.07 Å². The number of sulfonamides is 1. The van der Waals surface area contributed by atoms with Crippen molar-refractivity contribution in [1.82, 2.24) is 0 Å². The minimum atomic E-state index is -3.55. The highest BCUT2D eigenvalue weighted by molar-refractivity contribution is 7.92. The molecule has 2 aromatic rings. The number of fused-ring (bicyclic) bond motifs is 1. The summed E-state index contributed by atoms with van der Waals surface area (Å²) in [7, 11) is -3.55. The molecule has 1 aliphatic heterocycles. The summed E-state index contributed by atoms with van der Waals surface area (Å²) in [6.07, 6.45) is 1.79. The molecule has 0 radical (unpaired) electrons. The molecule has 5 heteroatoms. The average molecular weight is 338 g/mol. The van der Waals surface area contributed by atoms with Crippen LogP contribution in [0.15, 0.2) is 60.2 Å². The summed E-state index contributed by atoms with van der Waals surface area (Å²) in [5, 5.41) is 9.35. The molecule has 4 nitrogen and oxygen atoms in total. The zero-order valence-corrected chi connectivity index (χ0v) is 14.2. The number of hydrogen-bond acceptors (Lipinski definition) is 3. The Morgan fingerprint density at radius 3 is 2.50 bits per heavy atom. The van der Waals surface area contributed by atoms with Crippen LogP contribution in [0.2, 0.25) is 0 Å². The van der Waals surface area contributed by atoms with E-state index in [0.29, 0.717) is 11.3 Å². The lowest BCUT2D eigenvalue weighted by molar-refractivity contribution is 0.583. The van der Waals surface area contributed by atoms with Gasteiger partial charge < -0.3 is 0 Å². The Morgan fingerprint density at radius 2 is 1.79 bits per heavy atom. The van der Waals surface area contributed by atoms with Crippen molar-refractivity contribution in [3.05, 3.63) is 71.3 Å². The Morgan fingerprint density at radius 1 is 1.12 bits per heavy atom. The summed E-state index contributed by atoms with van der Waals surface area (Å²) in [5.41, 5.74) is 2.74. The van der Waals surface area contributed by atoms with Crippen LogP contribution in [0, 0.1) is 17.2 Å². The minimum Gasteiger partial charge on any atom is -0.269 e. The fourth-order valence-corrected chi connectivity index (χ4v) is 4.55. The molecule has 24 heavy (non-hydrogen) atoms. The van der Waals surface area contributed by atoms with Crippen LogP contribution in [0.4, 0.5) is 5.69 Å². The minimum absolute atomic E-state index is 0.0587. The quantitative estimate of drug-likeness (QED) is 0.859. The number of anilines is 1. The lowest BCUT2D eigenvalue weighted by atomic mass is 10.0. The highest BCUT2D eigenvalue weighted by Gasteiger charge is 2.29. The van der Waals surface area contributed by atoms with Crippen LogP contribution in [0.5, 0.6) is 0 Å². The molecule has 0 saturated carbocycles. The number of benzene rings is 2. The molecule has 0 N–H and O–H groups in total. The molecule has 1 aliphatic rings. The summed E-state index contributed by atoms with van der Waals surface area (Å²) in [4.78, 5) is 0. The van der Waals surface area contributed by atoms with Crippen molar-refractivity contribution >= 4 is 21.8 Å². The Bertz CT molecular complexity index is 912. The van der Waals surface area contributed by atoms with Gasteiger partial charge in [0.1, 0.15) is 0 Å². The third-order valence-electron chi connectivity index (χ3n) is 4.14. The lowest BCUT2D eigenvalue weighted by Gasteiger charge is -2.26. The summed E-state index contributed by atoms with van der Waals surface area (Å²) in [6.45, 7) is 2.15. The van der Waals surface area contributed by atoms with Crippen molar-refractivity contribution in [2.45, 2.75) is 12.7 Å². The maximum atomic E-state index is 13.0. The van der Waals surface area contributed by atoms with E-state index in [1.54, 1.807) is 12.1 Å². The van der Waals surface area contributed by atoms with Gasteiger partial charge in [-0.2, -0.15) is 5.26 Å². The van der Waals surface area contributed by atoms with Gasteiger partial charge >= 0.3 is 0 Å². The monoisotopic (exact) mass is 338 g/mol. The second kappa shape index (κ2) is 6.50. The van der Waals surface area contributed by atoms with Crippen LogP contribution >= 0.6 is 0 Å². The van der Waals surface area contributed by atoms with Gasteiger partial charge in [0.15, 0.2) is 0 Å². The van der Waals surface area contributed by atoms with Gasteiger partial charge in [0, 0.05) is 18.0 Å². The second-order valence-electron chi connectivity index (χ2n) is 5.94. The predicted octanol–water partition coefficient (Wildman–Crippen LogP) is 3.58. The van der Waals surface area contributed by atoms with Gasteiger partial charge in [-0.1, -0.05) is 55.5 Å². The fraction of sp³-hybridized carbons (Fsp3) is 0.211. The van der Waals surface area contributed by atoms with Gasteiger partial charge in [0.2, 0.25) is 10.0 Å². The van der Waals surface area contributed by atoms with Crippen molar-refractivity contribution in [2.24, 2.45) is 5.92 Å². The highest BCUT2D eigenvalue weighted by atomic mass is 32.2. The zero-order chi connectivity index (χ0) is 17.2. The first kappa shape index (κ1) is 16.3. The van der Waals surface area contributed by atoms with Crippen molar-refractivity contribution in [3.63, 3.8) is 0 Å². The average Bonchev–Trinajstić information content (AvgIpc) is 2.72. The Hall–Kier alpha value is -2.58. The molecule has 2 aromatic carbocycles. The van der Waals surface area contributed by atoms with E-state index in [1.807, 2.05) is 55.5 Å². The van der Waals surface area contributed by atoms with Crippen LogP contribution in [0.25, 0.3) is 6.08 Å². The third-order valence-corrected chi connectivity index (χ3v) is 5.86. The summed E-state index contributed by atoms with van der Waals surface area (Å²) >= 11 is 0. The number of para-hydroxylation sites is 1. The van der Waals surface area contributed by atoms with E-state index in [9.17, 15) is 13.7 Å². The molecule has 0 spiro atoms. The van der Waals surface area contributed by atoms with E-state index in [0.717, 1.165) is 11.1 Å². The topological polar surface area (TPSA) is 61.2 Å². The molecule has 0 saturated heterocycles. The molecule has 3 rings (SSSR count). The molecule has 0 unspecified atom stereocenters. The molecule has 0 amide bonds. The van der Waals surface area contributed by atoms with Crippen LogP contribution in [-0.4, -0.2) is 15.0 Å². The number of nitriles is 1. The number of nitrogens with zero attached hydrogens (tertiary/aromatic N) is 2. The van der Waals surface area contributed by atoms with E-state index < -0.39 is 10.0 Å². The van der Waals surface area contributed by atoms with Gasteiger partial charge in [-0.05, 0) is 23.3 Å². The smallest absolute Gasteiger partial charge is 0.239 e. The first-order valence-electron chi connectivity index (χ1n) is 7.76. The van der Waals surface area contributed by atoms with Crippen molar-refractivity contribution in [2.75, 3.05) is 10.8 Å². The Balaban J connectivity index is 2.04. The normalized spacial score (nSPS) is 17.4. The van der Waals surface area contributed by atoms with Gasteiger partial charge in [-0.3, -0.25) is 4.31 Å². The summed E-state index contributed by atoms with van der Waals surface area (Å²) in [5.74, 6) is -0.218. The van der Waals surface area contributed by atoms with Crippen molar-refractivity contribution < 1.29 is 8.42 Å². The fourth-order valence-electron chi connectivity index (χ4n) is 2.86. The zero-order valence-electron chi connectivity index (χ0n) is 13.4. The van der Waals surface area contributed by atoms with Crippen molar-refractivity contribution in [3.8, 4) is 6.07 Å². The summed E-state index contributed by atoms with van der Waals surface area (Å²) < 4.78 is 27.5. The van der Waals surface area contributed by atoms with Crippen LogP contribution in [-0.2, 0) is 15.8 Å². The summed E-state index contributed by atoms with van der Waals surface area (Å²) in [6, 6.07) is 18.6. The van der Waals surface area contributed by atoms with E-state index in [1.165, 1.54) is 4.31 Å². The molecule has 0 aliphatic carbocycles. The van der Waals surface area contributed by atoms with Crippen molar-refractivity contribution in [1.29, 1.82) is 5.26 Å². The van der Waals surface area contributed by atoms with Crippen LogP contribution in [0.1, 0.15) is 18.1 Å². The molecular weight excluding hydrogens is 320 g/mol. The lowest BCUT2D eigenvalue weighted by Crippen LogP contribution is -2.35. The largest absolute Gasteiger partial charge is 0.269 e. The second-order valence-corrected chi connectivity index (χ2v) is 7.84. The maximum Gasteiger partial charge on any atom is 0.239 e. The predicted molar refractivity (Wildman–Crippen MR) is 95.6 cm³/mol. The van der Waals surface area contributed by atoms with E-state index in [-0.39, 0.29) is 18.2 Å². The number of hydrogen-bond donors (Lipinski definition) is 0. The molecule has 0 bridgehead atoms. The highest BCUT2D eigenvalue weighted by Crippen LogP contribution is 2.32. The molecule has 0 aromatic heterocycles. The first-order chi connectivity index (χ1) is 11.5. The van der Waals surface area contributed by atoms with Gasteiger partial charge in [0.05, 0.1) is 17.5 Å². The SMILES string of the molecule is C[C@@H]1CN(S(=O)(=O)Cc2ccccc2)c2ccccc2C=C1C#N. The number of rotatable bonds is 3. The van der Waals surface area contributed by atoms with Gasteiger partial charge in [0.25, 0.3) is 0 Å². The standard InChI is InChI=1S/C19H18N2O2S/c1-15-13-21(24(22,23)14-16-7-3-2-4-8-16)19-10-6-5-9-17(19)11-18(15)12-20/h2-11,15H,13-14H2,1H3/t15-/m1/s1. The Labute approximate surface area is 142 Å². The van der Waals surface area contributed by atoms with Gasteiger partial charge in [-0.15, -0.1) is 0 Å². The molecule has 1 heterocycles. The molecule has 122 valence electrons. The van der Waals surface area contributed by atoms with Crippen LogP contribution < -0.4 is 4.31 Å². The van der Waals surface area contributed by atoms with E-state index in [4.69, 9.17) is 0 Å². The van der Waals surface area contributed by atoms with E-state index >= 15 is 0 Å². The van der Waals surface area contributed by atoms with Gasteiger partial charge in [-0.25, -0.2) is 8.42 Å². The molecular formula is C19H18N2O2S. The molecule has 0 fully saturated rings.